The van der Waals surface area contributed by atoms with Crippen molar-refractivity contribution in [2.24, 2.45) is 5.92 Å². The smallest absolute Gasteiger partial charge is 0.266 e. The molecule has 1 saturated carbocycles. The summed E-state index contributed by atoms with van der Waals surface area (Å²) < 4.78 is 52.7. The third-order valence-electron chi connectivity index (χ3n) is 7.95. The Morgan fingerprint density at radius 1 is 1.24 bits per heavy atom. The Morgan fingerprint density at radius 3 is 2.71 bits per heavy atom. The number of halogens is 2. The predicted molar refractivity (Wildman–Crippen MR) is 139 cm³/mol. The van der Waals surface area contributed by atoms with E-state index in [4.69, 9.17) is 5.10 Å². The average molecular weight is 548 g/mol. The first-order valence-corrected chi connectivity index (χ1v) is 15.2. The van der Waals surface area contributed by atoms with Gasteiger partial charge in [-0.25, -0.2) is 21.9 Å². The summed E-state index contributed by atoms with van der Waals surface area (Å²) in [6.45, 7) is 0.512. The number of amides is 2. The molecule has 1 aromatic heterocycles. The molecule has 1 aromatic carbocycles. The van der Waals surface area contributed by atoms with Gasteiger partial charge in [0.25, 0.3) is 11.8 Å². The van der Waals surface area contributed by atoms with Crippen molar-refractivity contribution >= 4 is 38.8 Å². The highest BCUT2D eigenvalue weighted by atomic mass is 32.2. The number of sulfone groups is 1. The molecule has 1 N–H and O–H groups in total. The molecule has 2 fully saturated rings. The molecular weight excluding hydrogens is 516 g/mol. The second-order valence-corrected chi connectivity index (χ2v) is 13.3. The molecule has 12 heteroatoms. The van der Waals surface area contributed by atoms with E-state index in [0.717, 1.165) is 48.9 Å². The molecule has 1 saturated heterocycles. The molecule has 0 unspecified atom stereocenters. The van der Waals surface area contributed by atoms with E-state index in [0.29, 0.717) is 36.6 Å². The standard InChI is InChI=1S/C26H31F2N5O4S/c1-38(36,37)14-22(34)29-24-23-20(30-32(24)10-8-16-2-3-16)13-19-5-4-17-12-18(31-11-9-26(27,28)15-31)6-7-21(17)33(19)25(23)35/h6-7,12,16,19H,2-5,8-11,13-15H2,1H3,(H,29,34)/t19-/m1/s1. The van der Waals surface area contributed by atoms with Gasteiger partial charge in [-0.3, -0.25) is 9.59 Å². The minimum atomic E-state index is -3.56. The summed E-state index contributed by atoms with van der Waals surface area (Å²) in [4.78, 5) is 30.0. The second kappa shape index (κ2) is 9.03. The van der Waals surface area contributed by atoms with Crippen LogP contribution in [0, 0.1) is 5.92 Å². The van der Waals surface area contributed by atoms with Crippen molar-refractivity contribution in [1.82, 2.24) is 9.78 Å². The van der Waals surface area contributed by atoms with Crippen LogP contribution in [-0.2, 0) is 34.0 Å². The summed E-state index contributed by atoms with van der Waals surface area (Å²) in [5.41, 5.74) is 3.31. The molecule has 1 aliphatic carbocycles. The third kappa shape index (κ3) is 4.90. The number of carbonyl (C=O) groups is 2. The summed E-state index contributed by atoms with van der Waals surface area (Å²) in [6.07, 6.45) is 5.95. The molecule has 204 valence electrons. The number of aromatic nitrogens is 2. The number of nitrogens with one attached hydrogen (secondary N) is 1. The van der Waals surface area contributed by atoms with Crippen LogP contribution in [0.2, 0.25) is 0 Å². The van der Waals surface area contributed by atoms with Gasteiger partial charge in [0.2, 0.25) is 5.91 Å². The zero-order valence-electron chi connectivity index (χ0n) is 21.3. The molecule has 9 nitrogen and oxygen atoms in total. The molecule has 0 spiro atoms. The van der Waals surface area contributed by atoms with E-state index in [-0.39, 0.29) is 37.3 Å². The van der Waals surface area contributed by atoms with Gasteiger partial charge in [-0.15, -0.1) is 0 Å². The van der Waals surface area contributed by atoms with Crippen LogP contribution in [0.4, 0.5) is 26.0 Å². The van der Waals surface area contributed by atoms with Crippen LogP contribution in [0.3, 0.4) is 0 Å². The summed E-state index contributed by atoms with van der Waals surface area (Å²) in [6, 6.07) is 5.43. The minimum Gasteiger partial charge on any atom is -0.365 e. The van der Waals surface area contributed by atoms with Crippen molar-refractivity contribution in [1.29, 1.82) is 0 Å². The SMILES string of the molecule is CS(=O)(=O)CC(=O)Nc1c2c(nn1CCC1CC1)C[C@H]1CCc3cc(N4CCC(F)(F)C4)ccc3N1C2=O. The van der Waals surface area contributed by atoms with Crippen molar-refractivity contribution in [3.05, 3.63) is 35.0 Å². The Labute approximate surface area is 220 Å². The summed E-state index contributed by atoms with van der Waals surface area (Å²) in [5.74, 6) is -3.51. The fraction of sp³-hybridized carbons (Fsp3) is 0.577. The summed E-state index contributed by atoms with van der Waals surface area (Å²) in [5, 5.41) is 7.39. The van der Waals surface area contributed by atoms with Crippen molar-refractivity contribution in [3.8, 4) is 0 Å². The van der Waals surface area contributed by atoms with E-state index in [9.17, 15) is 26.8 Å². The first-order valence-electron chi connectivity index (χ1n) is 13.1. The zero-order chi connectivity index (χ0) is 26.8. The van der Waals surface area contributed by atoms with Crippen LogP contribution in [0.15, 0.2) is 18.2 Å². The topological polar surface area (TPSA) is 105 Å². The van der Waals surface area contributed by atoms with Crippen LogP contribution in [0.5, 0.6) is 0 Å². The number of fused-ring (bicyclic) bond motifs is 4. The van der Waals surface area contributed by atoms with E-state index in [2.05, 4.69) is 5.32 Å². The van der Waals surface area contributed by atoms with Gasteiger partial charge in [0.05, 0.1) is 12.2 Å². The van der Waals surface area contributed by atoms with Gasteiger partial charge in [-0.05, 0) is 48.9 Å². The molecule has 38 heavy (non-hydrogen) atoms. The lowest BCUT2D eigenvalue weighted by Crippen LogP contribution is -2.48. The van der Waals surface area contributed by atoms with E-state index >= 15 is 0 Å². The zero-order valence-corrected chi connectivity index (χ0v) is 22.1. The van der Waals surface area contributed by atoms with Gasteiger partial charge in [-0.1, -0.05) is 12.8 Å². The van der Waals surface area contributed by atoms with E-state index in [1.165, 1.54) is 0 Å². The first kappa shape index (κ1) is 25.3. The summed E-state index contributed by atoms with van der Waals surface area (Å²) >= 11 is 0. The number of hydrogen-bond acceptors (Lipinski definition) is 6. The Morgan fingerprint density at radius 2 is 2.03 bits per heavy atom. The highest BCUT2D eigenvalue weighted by Crippen LogP contribution is 2.42. The number of aryl methyl sites for hydroxylation is 2. The maximum Gasteiger partial charge on any atom is 0.266 e. The number of rotatable bonds is 7. The van der Waals surface area contributed by atoms with E-state index in [1.807, 2.05) is 12.1 Å². The van der Waals surface area contributed by atoms with Gasteiger partial charge in [0, 0.05) is 49.6 Å². The van der Waals surface area contributed by atoms with Gasteiger partial charge >= 0.3 is 0 Å². The van der Waals surface area contributed by atoms with Crippen LogP contribution < -0.4 is 15.1 Å². The van der Waals surface area contributed by atoms with E-state index in [1.54, 1.807) is 20.5 Å². The van der Waals surface area contributed by atoms with Gasteiger partial charge < -0.3 is 15.1 Å². The van der Waals surface area contributed by atoms with Crippen molar-refractivity contribution < 1.29 is 26.8 Å². The molecule has 6 rings (SSSR count). The number of anilines is 3. The molecule has 3 aliphatic heterocycles. The predicted octanol–water partition coefficient (Wildman–Crippen LogP) is 3.03. The van der Waals surface area contributed by atoms with Crippen LogP contribution in [-0.4, -0.2) is 67.1 Å². The Kier molecular flexibility index (Phi) is 6.00. The fourth-order valence-electron chi connectivity index (χ4n) is 5.91. The fourth-order valence-corrected chi connectivity index (χ4v) is 6.45. The van der Waals surface area contributed by atoms with Crippen LogP contribution >= 0.6 is 0 Å². The molecule has 1 atom stereocenters. The molecule has 2 aromatic rings. The quantitative estimate of drug-likeness (QED) is 0.572. The Hall–Kier alpha value is -3.02. The van der Waals surface area contributed by atoms with Gasteiger partial charge in [0.15, 0.2) is 9.84 Å². The Bertz CT molecular complexity index is 1420. The lowest BCUT2D eigenvalue weighted by atomic mass is 9.88. The van der Waals surface area contributed by atoms with Gasteiger partial charge in [0.1, 0.15) is 17.1 Å². The maximum absolute atomic E-state index is 14.0. The summed E-state index contributed by atoms with van der Waals surface area (Å²) in [7, 11) is -3.56. The third-order valence-corrected chi connectivity index (χ3v) is 8.74. The lowest BCUT2D eigenvalue weighted by Gasteiger charge is -2.40. The molecule has 2 amide bonds. The first-order chi connectivity index (χ1) is 18.0. The lowest BCUT2D eigenvalue weighted by molar-refractivity contribution is -0.113. The number of alkyl halides is 2. The Balaban J connectivity index is 1.32. The molecule has 4 aliphatic rings. The largest absolute Gasteiger partial charge is 0.365 e. The highest BCUT2D eigenvalue weighted by Gasteiger charge is 2.42. The number of benzene rings is 1. The normalized spacial score (nSPS) is 22.2. The average Bonchev–Trinajstić information content (AvgIpc) is 3.50. The highest BCUT2D eigenvalue weighted by molar-refractivity contribution is 7.91. The van der Waals surface area contributed by atoms with E-state index < -0.39 is 27.4 Å². The monoisotopic (exact) mass is 547 g/mol. The molecule has 0 bridgehead atoms. The van der Waals surface area contributed by atoms with Crippen molar-refractivity contribution in [2.75, 3.05) is 40.2 Å². The van der Waals surface area contributed by atoms with Crippen molar-refractivity contribution in [2.45, 2.75) is 63.5 Å². The number of hydrogen-bond donors (Lipinski definition) is 1. The number of carbonyl (C=O) groups excluding carboxylic acids is 2. The minimum absolute atomic E-state index is 0.101. The second-order valence-electron chi connectivity index (χ2n) is 11.2. The van der Waals surface area contributed by atoms with Crippen LogP contribution in [0.1, 0.15) is 53.7 Å². The van der Waals surface area contributed by atoms with Crippen molar-refractivity contribution in [3.63, 3.8) is 0 Å². The molecule has 4 heterocycles. The maximum atomic E-state index is 14.0. The molecular formula is C26H31F2N5O4S. The van der Waals surface area contributed by atoms with Gasteiger partial charge in [-0.2, -0.15) is 5.10 Å². The number of nitrogens with zero attached hydrogens (tertiary/aromatic N) is 4. The van der Waals surface area contributed by atoms with Crippen LogP contribution in [0.25, 0.3) is 0 Å². The molecule has 0 radical (unpaired) electrons.